The summed E-state index contributed by atoms with van der Waals surface area (Å²) >= 11 is 9.71. The monoisotopic (exact) mass is 525 g/mol. The number of carboxylic acids is 1. The van der Waals surface area contributed by atoms with Gasteiger partial charge in [0.05, 0.1) is 0 Å². The predicted octanol–water partition coefficient (Wildman–Crippen LogP) is 6.64. The van der Waals surface area contributed by atoms with Crippen LogP contribution < -0.4 is 0 Å². The Hall–Kier alpha value is -2.83. The molecule has 168 valence electrons. The first kappa shape index (κ1) is 22.0. The summed E-state index contributed by atoms with van der Waals surface area (Å²) < 4.78 is 6.49. The molecule has 3 aromatic carbocycles. The summed E-state index contributed by atoms with van der Waals surface area (Å²) in [6.45, 7) is 0.134. The minimum atomic E-state index is -1.22. The summed E-state index contributed by atoms with van der Waals surface area (Å²) in [6.07, 6.45) is 0.835. The largest absolute Gasteiger partial charge is 0.479 e. The van der Waals surface area contributed by atoms with Gasteiger partial charge < -0.3 is 9.84 Å². The van der Waals surface area contributed by atoms with Gasteiger partial charge >= 0.3 is 12.1 Å². The fraction of sp³-hybridized carbons (Fsp3) is 0.231. The fourth-order valence-electron chi connectivity index (χ4n) is 4.61. The number of halogens is 2. The van der Waals surface area contributed by atoms with E-state index >= 15 is 0 Å². The van der Waals surface area contributed by atoms with Gasteiger partial charge in [-0.15, -0.1) is 0 Å². The average molecular weight is 527 g/mol. The lowest BCUT2D eigenvalue weighted by Gasteiger charge is -2.29. The van der Waals surface area contributed by atoms with Crippen LogP contribution in [0.1, 0.15) is 41.5 Å². The summed E-state index contributed by atoms with van der Waals surface area (Å²) in [6, 6.07) is 19.8. The molecule has 2 aliphatic rings. The molecule has 33 heavy (non-hydrogen) atoms. The molecule has 0 saturated heterocycles. The second-order valence-electron chi connectivity index (χ2n) is 8.35. The minimum Gasteiger partial charge on any atom is -0.479 e. The molecular formula is C26H21BrClNO4. The fourth-order valence-corrected chi connectivity index (χ4v) is 5.21. The average Bonchev–Trinajstić information content (AvgIpc) is 3.59. The van der Waals surface area contributed by atoms with Gasteiger partial charge in [-0.2, -0.15) is 0 Å². The second kappa shape index (κ2) is 8.84. The Balaban J connectivity index is 1.42. The van der Waals surface area contributed by atoms with Crippen molar-refractivity contribution >= 4 is 39.6 Å². The molecule has 1 unspecified atom stereocenters. The van der Waals surface area contributed by atoms with E-state index in [0.717, 1.165) is 35.1 Å². The maximum absolute atomic E-state index is 13.3. The van der Waals surface area contributed by atoms with Gasteiger partial charge in [0.15, 0.2) is 6.04 Å². The maximum atomic E-state index is 13.3. The number of rotatable bonds is 6. The molecule has 5 nitrogen and oxygen atoms in total. The van der Waals surface area contributed by atoms with Crippen molar-refractivity contribution in [3.05, 3.63) is 92.9 Å². The minimum absolute atomic E-state index is 0.0971. The van der Waals surface area contributed by atoms with Gasteiger partial charge in [0.1, 0.15) is 6.61 Å². The summed E-state index contributed by atoms with van der Waals surface area (Å²) in [5.41, 5.74) is 4.84. The summed E-state index contributed by atoms with van der Waals surface area (Å²) in [4.78, 5) is 26.9. The van der Waals surface area contributed by atoms with E-state index in [-0.39, 0.29) is 18.6 Å². The van der Waals surface area contributed by atoms with Crippen LogP contribution in [-0.2, 0) is 9.53 Å². The number of carbonyl (C=O) groups is 2. The summed E-state index contributed by atoms with van der Waals surface area (Å²) in [5.74, 6) is -1.24. The lowest BCUT2D eigenvalue weighted by molar-refractivity contribution is -0.143. The number of carbonyl (C=O) groups excluding carboxylic acids is 1. The molecule has 0 bridgehead atoms. The van der Waals surface area contributed by atoms with E-state index in [2.05, 4.69) is 28.1 Å². The first-order valence-electron chi connectivity index (χ1n) is 10.8. The van der Waals surface area contributed by atoms with Gasteiger partial charge in [-0.3, -0.25) is 4.90 Å². The number of benzene rings is 3. The number of ether oxygens (including phenoxy) is 1. The van der Waals surface area contributed by atoms with E-state index in [0.29, 0.717) is 15.1 Å². The van der Waals surface area contributed by atoms with E-state index in [9.17, 15) is 14.7 Å². The summed E-state index contributed by atoms with van der Waals surface area (Å²) in [7, 11) is 0. The summed E-state index contributed by atoms with van der Waals surface area (Å²) in [5, 5.41) is 10.3. The Labute approximate surface area is 205 Å². The molecule has 0 radical (unpaired) electrons. The van der Waals surface area contributed by atoms with Gasteiger partial charge in [-0.25, -0.2) is 9.59 Å². The molecule has 1 amide bonds. The molecule has 1 saturated carbocycles. The Kier molecular flexibility index (Phi) is 5.89. The normalized spacial score (nSPS) is 15.5. The van der Waals surface area contributed by atoms with Crippen molar-refractivity contribution < 1.29 is 19.4 Å². The Morgan fingerprint density at radius 2 is 1.64 bits per heavy atom. The van der Waals surface area contributed by atoms with Crippen molar-refractivity contribution in [1.29, 1.82) is 0 Å². The zero-order valence-corrected chi connectivity index (χ0v) is 19.9. The maximum Gasteiger partial charge on any atom is 0.411 e. The zero-order valence-electron chi connectivity index (χ0n) is 17.6. The molecule has 0 spiro atoms. The Bertz CT molecular complexity index is 1200. The SMILES string of the molecule is O=C(O)C(c1cc(Br)ccc1Cl)N(C(=O)OCC1c2ccccc2-c2ccccc21)C1CC1. The number of carboxylic acid groups (broad SMARTS) is 1. The Morgan fingerprint density at radius 3 is 2.21 bits per heavy atom. The highest BCUT2D eigenvalue weighted by Crippen LogP contribution is 2.45. The smallest absolute Gasteiger partial charge is 0.411 e. The van der Waals surface area contributed by atoms with Crippen LogP contribution >= 0.6 is 27.5 Å². The number of nitrogens with zero attached hydrogens (tertiary/aromatic N) is 1. The van der Waals surface area contributed by atoms with Gasteiger partial charge in [-0.05, 0) is 53.3 Å². The molecule has 1 N–H and O–H groups in total. The zero-order chi connectivity index (χ0) is 23.1. The van der Waals surface area contributed by atoms with Crippen LogP contribution in [-0.4, -0.2) is 34.7 Å². The third kappa shape index (κ3) is 4.13. The van der Waals surface area contributed by atoms with Crippen LogP contribution in [0.5, 0.6) is 0 Å². The first-order valence-corrected chi connectivity index (χ1v) is 11.9. The van der Waals surface area contributed by atoms with Crippen LogP contribution in [0.15, 0.2) is 71.2 Å². The number of amides is 1. The van der Waals surface area contributed by atoms with Crippen LogP contribution in [0.25, 0.3) is 11.1 Å². The van der Waals surface area contributed by atoms with Gasteiger partial charge in [0, 0.05) is 27.0 Å². The molecular weight excluding hydrogens is 506 g/mol. The highest BCUT2D eigenvalue weighted by atomic mass is 79.9. The van der Waals surface area contributed by atoms with Crippen LogP contribution in [0.3, 0.4) is 0 Å². The topological polar surface area (TPSA) is 66.8 Å². The number of fused-ring (bicyclic) bond motifs is 3. The van der Waals surface area contributed by atoms with Crippen molar-refractivity contribution in [2.75, 3.05) is 6.61 Å². The van der Waals surface area contributed by atoms with Crippen LogP contribution in [0.4, 0.5) is 4.79 Å². The van der Waals surface area contributed by atoms with Gasteiger partial charge in [-0.1, -0.05) is 76.1 Å². The number of hydrogen-bond donors (Lipinski definition) is 1. The third-order valence-electron chi connectivity index (χ3n) is 6.25. The van der Waals surface area contributed by atoms with Crippen molar-refractivity contribution in [1.82, 2.24) is 4.90 Å². The Morgan fingerprint density at radius 1 is 1.03 bits per heavy atom. The van der Waals surface area contributed by atoms with E-state index in [1.165, 1.54) is 4.90 Å². The lowest BCUT2D eigenvalue weighted by atomic mass is 9.98. The van der Waals surface area contributed by atoms with E-state index in [1.807, 2.05) is 36.4 Å². The van der Waals surface area contributed by atoms with Crippen molar-refractivity contribution in [2.45, 2.75) is 30.8 Å². The molecule has 1 atom stereocenters. The van der Waals surface area contributed by atoms with Crippen LogP contribution in [0, 0.1) is 0 Å². The van der Waals surface area contributed by atoms with E-state index in [1.54, 1.807) is 18.2 Å². The quantitative estimate of drug-likeness (QED) is 0.391. The molecule has 3 aromatic rings. The molecule has 7 heteroatoms. The van der Waals surface area contributed by atoms with E-state index in [4.69, 9.17) is 16.3 Å². The van der Waals surface area contributed by atoms with Crippen molar-refractivity contribution in [3.8, 4) is 11.1 Å². The highest BCUT2D eigenvalue weighted by Gasteiger charge is 2.43. The second-order valence-corrected chi connectivity index (χ2v) is 9.67. The third-order valence-corrected chi connectivity index (χ3v) is 7.09. The lowest BCUT2D eigenvalue weighted by Crippen LogP contribution is -2.41. The molecule has 1 fully saturated rings. The van der Waals surface area contributed by atoms with Crippen molar-refractivity contribution in [2.24, 2.45) is 0 Å². The molecule has 2 aliphatic carbocycles. The predicted molar refractivity (Wildman–Crippen MR) is 129 cm³/mol. The van der Waals surface area contributed by atoms with Crippen LogP contribution in [0.2, 0.25) is 5.02 Å². The van der Waals surface area contributed by atoms with Crippen molar-refractivity contribution in [3.63, 3.8) is 0 Å². The highest BCUT2D eigenvalue weighted by molar-refractivity contribution is 9.10. The first-order chi connectivity index (χ1) is 16.0. The molecule has 5 rings (SSSR count). The number of aliphatic carboxylic acids is 1. The van der Waals surface area contributed by atoms with Gasteiger partial charge in [0.25, 0.3) is 0 Å². The standard InChI is InChI=1S/C26H21BrClNO4/c27-15-9-12-23(28)21(13-15)24(25(30)31)29(16-10-11-16)26(32)33-14-22-19-7-3-1-5-17(19)18-6-2-4-8-20(18)22/h1-9,12-13,16,22,24H,10-11,14H2,(H,30,31). The van der Waals surface area contributed by atoms with E-state index < -0.39 is 18.1 Å². The van der Waals surface area contributed by atoms with Gasteiger partial charge in [0.2, 0.25) is 0 Å². The molecule has 0 aromatic heterocycles. The molecule has 0 aliphatic heterocycles. The number of hydrogen-bond acceptors (Lipinski definition) is 3. The molecule has 0 heterocycles.